The van der Waals surface area contributed by atoms with E-state index in [1.807, 2.05) is 12.1 Å². The number of carbonyl (C=O) groups excluding carboxylic acids is 1. The number of rotatable bonds is 3. The molecule has 22 heavy (non-hydrogen) atoms. The Bertz CT molecular complexity index is 655. The van der Waals surface area contributed by atoms with E-state index < -0.39 is 0 Å². The fourth-order valence-electron chi connectivity index (χ4n) is 2.27. The van der Waals surface area contributed by atoms with Gasteiger partial charge in [0.2, 0.25) is 0 Å². The molecule has 1 saturated heterocycles. The first-order valence-corrected chi connectivity index (χ1v) is 7.46. The zero-order chi connectivity index (χ0) is 15.4. The van der Waals surface area contributed by atoms with Gasteiger partial charge in [0.05, 0.1) is 25.1 Å². The lowest BCUT2D eigenvalue weighted by Crippen LogP contribution is -2.36. The number of hydrogen-bond acceptors (Lipinski definition) is 4. The fraction of sp³-hybridized carbons (Fsp3) is 0.250. The van der Waals surface area contributed by atoms with E-state index in [4.69, 9.17) is 16.3 Å². The van der Waals surface area contributed by atoms with Crippen LogP contribution in [0.25, 0.3) is 0 Å². The maximum Gasteiger partial charge on any atom is 0.255 e. The van der Waals surface area contributed by atoms with Crippen molar-refractivity contribution >= 4 is 29.0 Å². The molecular weight excluding hydrogens is 302 g/mol. The Hall–Kier alpha value is -2.11. The van der Waals surface area contributed by atoms with E-state index in [0.717, 1.165) is 32.1 Å². The first kappa shape index (κ1) is 14.8. The van der Waals surface area contributed by atoms with E-state index >= 15 is 0 Å². The van der Waals surface area contributed by atoms with Gasteiger partial charge in [-0.25, -0.2) is 4.98 Å². The Morgan fingerprint density at radius 2 is 2.05 bits per heavy atom. The smallest absolute Gasteiger partial charge is 0.255 e. The van der Waals surface area contributed by atoms with E-state index in [1.54, 1.807) is 30.5 Å². The van der Waals surface area contributed by atoms with Crippen LogP contribution < -0.4 is 10.2 Å². The second-order valence-electron chi connectivity index (χ2n) is 4.97. The Labute approximate surface area is 133 Å². The average molecular weight is 318 g/mol. The van der Waals surface area contributed by atoms with Crippen molar-refractivity contribution in [1.82, 2.24) is 4.98 Å². The predicted molar refractivity (Wildman–Crippen MR) is 86.7 cm³/mol. The normalized spacial score (nSPS) is 14.7. The van der Waals surface area contributed by atoms with Gasteiger partial charge >= 0.3 is 0 Å². The molecule has 2 aromatic rings. The molecule has 0 bridgehead atoms. The molecule has 0 aliphatic carbocycles. The number of pyridine rings is 1. The third kappa shape index (κ3) is 3.55. The second-order valence-corrected chi connectivity index (χ2v) is 5.41. The highest BCUT2D eigenvalue weighted by Crippen LogP contribution is 2.17. The molecule has 0 spiro atoms. The molecule has 5 nitrogen and oxygen atoms in total. The van der Waals surface area contributed by atoms with Crippen LogP contribution in [0, 0.1) is 0 Å². The molecular formula is C16H16ClN3O2. The van der Waals surface area contributed by atoms with E-state index in [9.17, 15) is 4.79 Å². The topological polar surface area (TPSA) is 54.5 Å². The van der Waals surface area contributed by atoms with Crippen LogP contribution in [-0.4, -0.2) is 37.2 Å². The summed E-state index contributed by atoms with van der Waals surface area (Å²) < 4.78 is 5.32. The number of morpholine rings is 1. The summed E-state index contributed by atoms with van der Waals surface area (Å²) in [6, 6.07) is 10.6. The van der Waals surface area contributed by atoms with Gasteiger partial charge in [-0.1, -0.05) is 17.7 Å². The van der Waals surface area contributed by atoms with Crippen LogP contribution >= 0.6 is 11.6 Å². The third-order valence-electron chi connectivity index (χ3n) is 3.43. The summed E-state index contributed by atoms with van der Waals surface area (Å²) in [6.45, 7) is 3.10. The summed E-state index contributed by atoms with van der Waals surface area (Å²) in [5.74, 6) is 0.687. The van der Waals surface area contributed by atoms with Crippen LogP contribution in [0.3, 0.4) is 0 Å². The summed E-state index contributed by atoms with van der Waals surface area (Å²) in [7, 11) is 0. The lowest BCUT2D eigenvalue weighted by molar-refractivity contribution is 0.102. The Kier molecular flexibility index (Phi) is 4.56. The molecule has 3 rings (SSSR count). The molecule has 1 aliphatic heterocycles. The maximum absolute atomic E-state index is 12.1. The van der Waals surface area contributed by atoms with Gasteiger partial charge in [-0.3, -0.25) is 4.79 Å². The molecule has 0 unspecified atom stereocenters. The first-order chi connectivity index (χ1) is 10.7. The highest BCUT2D eigenvalue weighted by Gasteiger charge is 2.12. The zero-order valence-corrected chi connectivity index (χ0v) is 12.7. The van der Waals surface area contributed by atoms with Crippen LogP contribution in [0.15, 0.2) is 42.6 Å². The quantitative estimate of drug-likeness (QED) is 0.946. The summed E-state index contributed by atoms with van der Waals surface area (Å²) in [5, 5.41) is 3.35. The van der Waals surface area contributed by atoms with Crippen molar-refractivity contribution < 1.29 is 9.53 Å². The Balaban J connectivity index is 1.66. The van der Waals surface area contributed by atoms with Gasteiger partial charge in [0.25, 0.3) is 5.91 Å². The van der Waals surface area contributed by atoms with Crippen molar-refractivity contribution in [2.75, 3.05) is 36.5 Å². The van der Waals surface area contributed by atoms with Gasteiger partial charge in [0.15, 0.2) is 0 Å². The van der Waals surface area contributed by atoms with Crippen LogP contribution in [0.4, 0.5) is 11.5 Å². The third-order valence-corrected chi connectivity index (χ3v) is 3.66. The van der Waals surface area contributed by atoms with E-state index in [0.29, 0.717) is 16.3 Å². The Morgan fingerprint density at radius 1 is 1.23 bits per heavy atom. The van der Waals surface area contributed by atoms with Crippen LogP contribution in [0.2, 0.25) is 5.02 Å². The monoisotopic (exact) mass is 317 g/mol. The molecule has 1 aromatic heterocycles. The van der Waals surface area contributed by atoms with Crippen molar-refractivity contribution in [3.63, 3.8) is 0 Å². The van der Waals surface area contributed by atoms with Gasteiger partial charge < -0.3 is 15.0 Å². The van der Waals surface area contributed by atoms with Crippen LogP contribution in [0.1, 0.15) is 10.4 Å². The second kappa shape index (κ2) is 6.77. The highest BCUT2D eigenvalue weighted by atomic mass is 35.5. The van der Waals surface area contributed by atoms with E-state index in [2.05, 4.69) is 15.2 Å². The van der Waals surface area contributed by atoms with E-state index in [1.165, 1.54) is 0 Å². The molecule has 0 saturated carbocycles. The van der Waals surface area contributed by atoms with E-state index in [-0.39, 0.29) is 5.91 Å². The molecule has 2 heterocycles. The molecule has 1 amide bonds. The summed E-state index contributed by atoms with van der Waals surface area (Å²) in [6.07, 6.45) is 1.66. The summed E-state index contributed by atoms with van der Waals surface area (Å²) in [4.78, 5) is 18.7. The number of benzene rings is 1. The fourth-order valence-corrected chi connectivity index (χ4v) is 2.46. The SMILES string of the molecule is O=C(Nc1ccc(N2CCOCC2)nc1)c1cccc(Cl)c1. The molecule has 1 aliphatic rings. The summed E-state index contributed by atoms with van der Waals surface area (Å²) >= 11 is 5.89. The highest BCUT2D eigenvalue weighted by molar-refractivity contribution is 6.31. The van der Waals surface area contributed by atoms with Crippen molar-refractivity contribution in [2.45, 2.75) is 0 Å². The number of hydrogen-bond donors (Lipinski definition) is 1. The number of anilines is 2. The van der Waals surface area contributed by atoms with Crippen molar-refractivity contribution in [2.24, 2.45) is 0 Å². The Morgan fingerprint density at radius 3 is 2.73 bits per heavy atom. The van der Waals surface area contributed by atoms with Gasteiger partial charge in [-0.05, 0) is 30.3 Å². The van der Waals surface area contributed by atoms with Gasteiger partial charge in [-0.2, -0.15) is 0 Å². The van der Waals surface area contributed by atoms with Crippen molar-refractivity contribution in [3.8, 4) is 0 Å². The van der Waals surface area contributed by atoms with Crippen molar-refractivity contribution in [1.29, 1.82) is 0 Å². The number of halogens is 1. The number of nitrogens with one attached hydrogen (secondary N) is 1. The molecule has 1 aromatic carbocycles. The molecule has 114 valence electrons. The van der Waals surface area contributed by atoms with Crippen LogP contribution in [-0.2, 0) is 4.74 Å². The number of ether oxygens (including phenoxy) is 1. The minimum Gasteiger partial charge on any atom is -0.378 e. The average Bonchev–Trinajstić information content (AvgIpc) is 2.56. The van der Waals surface area contributed by atoms with Crippen LogP contribution in [0.5, 0.6) is 0 Å². The minimum atomic E-state index is -0.205. The van der Waals surface area contributed by atoms with Gasteiger partial charge in [0.1, 0.15) is 5.82 Å². The lowest BCUT2D eigenvalue weighted by atomic mass is 10.2. The molecule has 1 fully saturated rings. The zero-order valence-electron chi connectivity index (χ0n) is 12.0. The minimum absolute atomic E-state index is 0.205. The maximum atomic E-state index is 12.1. The number of carbonyl (C=O) groups is 1. The van der Waals surface area contributed by atoms with Gasteiger partial charge in [0, 0.05) is 23.7 Å². The number of nitrogens with zero attached hydrogens (tertiary/aromatic N) is 2. The number of aromatic nitrogens is 1. The molecule has 1 N–H and O–H groups in total. The number of amides is 1. The lowest BCUT2D eigenvalue weighted by Gasteiger charge is -2.27. The van der Waals surface area contributed by atoms with Crippen molar-refractivity contribution in [3.05, 3.63) is 53.2 Å². The summed E-state index contributed by atoms with van der Waals surface area (Å²) in [5.41, 5.74) is 1.17. The molecule has 0 atom stereocenters. The largest absolute Gasteiger partial charge is 0.378 e. The first-order valence-electron chi connectivity index (χ1n) is 7.08. The molecule has 0 radical (unpaired) electrons. The van der Waals surface area contributed by atoms with Gasteiger partial charge in [-0.15, -0.1) is 0 Å². The molecule has 6 heteroatoms. The standard InChI is InChI=1S/C16H16ClN3O2/c17-13-3-1-2-12(10-13)16(21)19-14-4-5-15(18-11-14)20-6-8-22-9-7-20/h1-5,10-11H,6-9H2,(H,19,21). The predicted octanol–water partition coefficient (Wildman–Crippen LogP) is 2.82.